The zero-order valence-electron chi connectivity index (χ0n) is 12.3. The van der Waals surface area contributed by atoms with Crippen molar-refractivity contribution in [3.8, 4) is 0 Å². The average molecular weight is 282 g/mol. The fourth-order valence-corrected chi connectivity index (χ4v) is 2.82. The van der Waals surface area contributed by atoms with Gasteiger partial charge in [-0.1, -0.05) is 6.07 Å². The van der Waals surface area contributed by atoms with E-state index in [2.05, 4.69) is 38.8 Å². The van der Waals surface area contributed by atoms with E-state index in [0.717, 1.165) is 37.6 Å². The van der Waals surface area contributed by atoms with Crippen molar-refractivity contribution in [3.63, 3.8) is 0 Å². The van der Waals surface area contributed by atoms with E-state index in [4.69, 9.17) is 0 Å². The van der Waals surface area contributed by atoms with E-state index in [1.54, 1.807) is 0 Å². The second-order valence-electron chi connectivity index (χ2n) is 5.50. The molecule has 0 amide bonds. The summed E-state index contributed by atoms with van der Waals surface area (Å²) < 4.78 is 0. The van der Waals surface area contributed by atoms with E-state index in [-0.39, 0.29) is 0 Å². The predicted octanol–water partition coefficient (Wildman–Crippen LogP) is 2.60. The summed E-state index contributed by atoms with van der Waals surface area (Å²) in [6.07, 6.45) is 7.11. The molecule has 21 heavy (non-hydrogen) atoms. The zero-order valence-corrected chi connectivity index (χ0v) is 12.3. The Bertz CT molecular complexity index is 550. The standard InChI is InChI=1S/C17H22N4/c1-2-8-19-16(3-1)7-12-21-17-13-15(6-11-20-17)14-4-9-18-10-5-14/h1-3,6,8,11,13-14,18H,4-5,7,9-10,12H2,(H,20,21). The van der Waals surface area contributed by atoms with Crippen LogP contribution in [0.3, 0.4) is 0 Å². The number of aromatic nitrogens is 2. The van der Waals surface area contributed by atoms with Crippen LogP contribution in [-0.2, 0) is 6.42 Å². The Kier molecular flexibility index (Phi) is 4.79. The van der Waals surface area contributed by atoms with Gasteiger partial charge in [-0.15, -0.1) is 0 Å². The van der Waals surface area contributed by atoms with Crippen LogP contribution in [-0.4, -0.2) is 29.6 Å². The van der Waals surface area contributed by atoms with Gasteiger partial charge in [0, 0.05) is 31.1 Å². The molecule has 1 saturated heterocycles. The van der Waals surface area contributed by atoms with Crippen molar-refractivity contribution in [2.75, 3.05) is 25.0 Å². The number of piperidine rings is 1. The Balaban J connectivity index is 1.55. The average Bonchev–Trinajstić information content (AvgIpc) is 2.57. The van der Waals surface area contributed by atoms with Crippen LogP contribution in [0.1, 0.15) is 30.0 Å². The van der Waals surface area contributed by atoms with Crippen LogP contribution >= 0.6 is 0 Å². The molecule has 0 bridgehead atoms. The lowest BCUT2D eigenvalue weighted by molar-refractivity contribution is 0.460. The predicted molar refractivity (Wildman–Crippen MR) is 85.5 cm³/mol. The van der Waals surface area contributed by atoms with E-state index in [0.29, 0.717) is 5.92 Å². The fraction of sp³-hybridized carbons (Fsp3) is 0.412. The van der Waals surface area contributed by atoms with E-state index in [1.165, 1.54) is 18.4 Å². The third kappa shape index (κ3) is 4.02. The molecule has 4 heteroatoms. The molecule has 2 aromatic heterocycles. The Hall–Kier alpha value is -1.94. The largest absolute Gasteiger partial charge is 0.370 e. The summed E-state index contributed by atoms with van der Waals surface area (Å²) in [6.45, 7) is 3.10. The maximum absolute atomic E-state index is 4.42. The lowest BCUT2D eigenvalue weighted by atomic mass is 9.91. The number of anilines is 1. The number of nitrogens with one attached hydrogen (secondary N) is 2. The molecule has 110 valence electrons. The molecule has 0 unspecified atom stereocenters. The summed E-state index contributed by atoms with van der Waals surface area (Å²) in [4.78, 5) is 8.75. The van der Waals surface area contributed by atoms with Crippen molar-refractivity contribution in [1.82, 2.24) is 15.3 Å². The maximum atomic E-state index is 4.42. The second-order valence-corrected chi connectivity index (χ2v) is 5.50. The third-order valence-electron chi connectivity index (χ3n) is 4.01. The van der Waals surface area contributed by atoms with Crippen LogP contribution < -0.4 is 10.6 Å². The van der Waals surface area contributed by atoms with Crippen LogP contribution in [0.4, 0.5) is 5.82 Å². The van der Waals surface area contributed by atoms with Crippen LogP contribution in [0.15, 0.2) is 42.7 Å². The highest BCUT2D eigenvalue weighted by Gasteiger charge is 2.15. The monoisotopic (exact) mass is 282 g/mol. The Morgan fingerprint density at radius 3 is 2.81 bits per heavy atom. The minimum absolute atomic E-state index is 0.672. The zero-order chi connectivity index (χ0) is 14.3. The highest BCUT2D eigenvalue weighted by molar-refractivity contribution is 5.39. The summed E-state index contributed by atoms with van der Waals surface area (Å²) >= 11 is 0. The molecule has 0 aliphatic carbocycles. The first-order chi connectivity index (χ1) is 10.4. The molecule has 0 saturated carbocycles. The second kappa shape index (κ2) is 7.18. The first kappa shape index (κ1) is 14.0. The summed E-state index contributed by atoms with van der Waals surface area (Å²) in [5, 5.41) is 6.82. The highest BCUT2D eigenvalue weighted by Crippen LogP contribution is 2.26. The van der Waals surface area contributed by atoms with E-state index < -0.39 is 0 Å². The SMILES string of the molecule is c1ccc(CCNc2cc(C3CCNCC3)ccn2)nc1. The molecular formula is C17H22N4. The summed E-state index contributed by atoms with van der Waals surface area (Å²) in [5.41, 5.74) is 2.52. The van der Waals surface area contributed by atoms with Gasteiger partial charge in [0.15, 0.2) is 0 Å². The smallest absolute Gasteiger partial charge is 0.126 e. The van der Waals surface area contributed by atoms with Gasteiger partial charge in [0.1, 0.15) is 5.82 Å². The molecule has 1 aliphatic rings. The van der Waals surface area contributed by atoms with Crippen molar-refractivity contribution in [1.29, 1.82) is 0 Å². The first-order valence-corrected chi connectivity index (χ1v) is 7.72. The molecule has 0 radical (unpaired) electrons. The van der Waals surface area contributed by atoms with Crippen LogP contribution in [0.2, 0.25) is 0 Å². The maximum Gasteiger partial charge on any atom is 0.126 e. The Morgan fingerprint density at radius 2 is 2.00 bits per heavy atom. The lowest BCUT2D eigenvalue weighted by Crippen LogP contribution is -2.26. The summed E-state index contributed by atoms with van der Waals surface area (Å²) in [7, 11) is 0. The Labute approximate surface area is 126 Å². The van der Waals surface area contributed by atoms with Crippen molar-refractivity contribution >= 4 is 5.82 Å². The molecule has 3 rings (SSSR count). The van der Waals surface area contributed by atoms with Crippen LogP contribution in [0.25, 0.3) is 0 Å². The van der Waals surface area contributed by atoms with E-state index >= 15 is 0 Å². The Morgan fingerprint density at radius 1 is 1.10 bits per heavy atom. The van der Waals surface area contributed by atoms with E-state index in [9.17, 15) is 0 Å². The number of hydrogen-bond donors (Lipinski definition) is 2. The molecule has 2 aromatic rings. The van der Waals surface area contributed by atoms with Crippen molar-refractivity contribution < 1.29 is 0 Å². The van der Waals surface area contributed by atoms with Crippen molar-refractivity contribution in [2.24, 2.45) is 0 Å². The minimum Gasteiger partial charge on any atom is -0.370 e. The molecule has 4 nitrogen and oxygen atoms in total. The van der Waals surface area contributed by atoms with Gasteiger partial charge < -0.3 is 10.6 Å². The number of nitrogens with zero attached hydrogens (tertiary/aromatic N) is 2. The van der Waals surface area contributed by atoms with Gasteiger partial charge in [-0.05, 0) is 61.7 Å². The van der Waals surface area contributed by atoms with Gasteiger partial charge in [-0.2, -0.15) is 0 Å². The van der Waals surface area contributed by atoms with Gasteiger partial charge in [-0.25, -0.2) is 4.98 Å². The van der Waals surface area contributed by atoms with Gasteiger partial charge in [0.05, 0.1) is 0 Å². The van der Waals surface area contributed by atoms with Gasteiger partial charge in [0.25, 0.3) is 0 Å². The number of hydrogen-bond acceptors (Lipinski definition) is 4. The molecule has 1 aliphatic heterocycles. The van der Waals surface area contributed by atoms with Crippen LogP contribution in [0, 0.1) is 0 Å². The molecular weight excluding hydrogens is 260 g/mol. The van der Waals surface area contributed by atoms with Gasteiger partial charge in [-0.3, -0.25) is 4.98 Å². The lowest BCUT2D eigenvalue weighted by Gasteiger charge is -2.23. The molecule has 2 N–H and O–H groups in total. The fourth-order valence-electron chi connectivity index (χ4n) is 2.82. The third-order valence-corrected chi connectivity index (χ3v) is 4.01. The highest BCUT2D eigenvalue weighted by atomic mass is 15.0. The van der Waals surface area contributed by atoms with Crippen LogP contribution in [0.5, 0.6) is 0 Å². The molecule has 1 fully saturated rings. The van der Waals surface area contributed by atoms with Gasteiger partial charge in [0.2, 0.25) is 0 Å². The van der Waals surface area contributed by atoms with E-state index in [1.807, 2.05) is 24.5 Å². The van der Waals surface area contributed by atoms with Crippen molar-refractivity contribution in [2.45, 2.75) is 25.2 Å². The number of rotatable bonds is 5. The van der Waals surface area contributed by atoms with Gasteiger partial charge >= 0.3 is 0 Å². The molecule has 0 aromatic carbocycles. The number of pyridine rings is 2. The van der Waals surface area contributed by atoms with Crippen molar-refractivity contribution in [3.05, 3.63) is 54.0 Å². The molecule has 3 heterocycles. The normalized spacial score (nSPS) is 15.8. The topological polar surface area (TPSA) is 49.8 Å². The molecule has 0 spiro atoms. The summed E-state index contributed by atoms with van der Waals surface area (Å²) in [6, 6.07) is 10.4. The quantitative estimate of drug-likeness (QED) is 0.885. The first-order valence-electron chi connectivity index (χ1n) is 7.72. The minimum atomic E-state index is 0.672. The summed E-state index contributed by atoms with van der Waals surface area (Å²) in [5.74, 6) is 1.65. The molecule has 0 atom stereocenters.